The summed E-state index contributed by atoms with van der Waals surface area (Å²) in [6.45, 7) is 0.269. The molecule has 4 rings (SSSR count). The first-order chi connectivity index (χ1) is 14.0. The second-order valence-electron chi connectivity index (χ2n) is 6.62. The van der Waals surface area contributed by atoms with Gasteiger partial charge in [-0.3, -0.25) is 24.3 Å². The molecule has 2 heterocycles. The number of anilines is 1. The Morgan fingerprint density at radius 2 is 1.72 bits per heavy atom. The number of nitrogens with zero attached hydrogens (tertiary/aromatic N) is 3. The second kappa shape index (κ2) is 7.60. The monoisotopic (exact) mass is 449 g/mol. The molecular weight excluding hydrogens is 434 g/mol. The van der Waals surface area contributed by atoms with Crippen molar-refractivity contribution in [1.29, 1.82) is 0 Å². The first kappa shape index (κ1) is 19.0. The van der Waals surface area contributed by atoms with Crippen molar-refractivity contribution in [2.45, 2.75) is 6.54 Å². The van der Waals surface area contributed by atoms with Crippen molar-refractivity contribution in [3.05, 3.63) is 93.7 Å². The lowest BCUT2D eigenvalue weighted by molar-refractivity contribution is 0.0693. The van der Waals surface area contributed by atoms with E-state index in [1.165, 1.54) is 19.2 Å². The van der Waals surface area contributed by atoms with Crippen molar-refractivity contribution in [3.63, 3.8) is 0 Å². The fourth-order valence-corrected chi connectivity index (χ4v) is 3.47. The molecule has 6 nitrogen and oxygen atoms in total. The molecule has 7 heteroatoms. The molecule has 0 atom stereocenters. The summed E-state index contributed by atoms with van der Waals surface area (Å²) in [6.07, 6.45) is 1.68. The van der Waals surface area contributed by atoms with Crippen LogP contribution in [0.5, 0.6) is 0 Å². The van der Waals surface area contributed by atoms with Crippen LogP contribution in [0.4, 0.5) is 5.69 Å². The van der Waals surface area contributed by atoms with E-state index in [1.807, 2.05) is 42.5 Å². The molecule has 0 aliphatic carbocycles. The summed E-state index contributed by atoms with van der Waals surface area (Å²) in [5.41, 5.74) is 2.32. The highest BCUT2D eigenvalue weighted by molar-refractivity contribution is 9.10. The summed E-state index contributed by atoms with van der Waals surface area (Å²) in [5, 5.41) is 0. The Hall–Kier alpha value is -3.32. The zero-order chi connectivity index (χ0) is 20.5. The third-order valence-corrected chi connectivity index (χ3v) is 5.29. The lowest BCUT2D eigenvalue weighted by Crippen LogP contribution is -2.31. The molecule has 0 saturated heterocycles. The maximum absolute atomic E-state index is 13.4. The standard InChI is InChI=1S/C22H16BrN3O3/c1-25-21(28)18-10-5-14(12-19(18)22(25)29)20(27)26(13-16-4-2-3-11-24-16)17-8-6-15(23)7-9-17/h2-12H,13H2,1H3. The Labute approximate surface area is 175 Å². The van der Waals surface area contributed by atoms with E-state index in [0.29, 0.717) is 16.8 Å². The van der Waals surface area contributed by atoms with Gasteiger partial charge in [-0.15, -0.1) is 0 Å². The highest BCUT2D eigenvalue weighted by Gasteiger charge is 2.33. The molecule has 2 aromatic carbocycles. The van der Waals surface area contributed by atoms with Gasteiger partial charge in [0.1, 0.15) is 0 Å². The molecule has 144 valence electrons. The van der Waals surface area contributed by atoms with Crippen LogP contribution in [-0.4, -0.2) is 34.7 Å². The van der Waals surface area contributed by atoms with E-state index in [2.05, 4.69) is 20.9 Å². The van der Waals surface area contributed by atoms with Gasteiger partial charge in [0.2, 0.25) is 0 Å². The van der Waals surface area contributed by atoms with Crippen LogP contribution >= 0.6 is 15.9 Å². The average molecular weight is 450 g/mol. The largest absolute Gasteiger partial charge is 0.302 e. The summed E-state index contributed by atoms with van der Waals surface area (Å²) in [6, 6.07) is 17.5. The smallest absolute Gasteiger partial charge is 0.261 e. The number of pyridine rings is 1. The summed E-state index contributed by atoms with van der Waals surface area (Å²) in [7, 11) is 1.43. The van der Waals surface area contributed by atoms with Gasteiger partial charge in [0, 0.05) is 29.0 Å². The SMILES string of the molecule is CN1C(=O)c2ccc(C(=O)N(Cc3ccccn3)c3ccc(Br)cc3)cc2C1=O. The second-order valence-corrected chi connectivity index (χ2v) is 7.53. The Balaban J connectivity index is 1.73. The van der Waals surface area contributed by atoms with E-state index in [9.17, 15) is 14.4 Å². The van der Waals surface area contributed by atoms with Gasteiger partial charge < -0.3 is 4.90 Å². The predicted octanol–water partition coefficient (Wildman–Crippen LogP) is 3.92. The average Bonchev–Trinajstić information content (AvgIpc) is 2.97. The lowest BCUT2D eigenvalue weighted by atomic mass is 10.0. The summed E-state index contributed by atoms with van der Waals surface area (Å²) in [5.74, 6) is -1.04. The van der Waals surface area contributed by atoms with Gasteiger partial charge in [0.25, 0.3) is 17.7 Å². The first-order valence-electron chi connectivity index (χ1n) is 8.89. The molecule has 1 aliphatic heterocycles. The minimum atomic E-state index is -0.403. The van der Waals surface area contributed by atoms with E-state index in [1.54, 1.807) is 17.2 Å². The predicted molar refractivity (Wildman–Crippen MR) is 112 cm³/mol. The van der Waals surface area contributed by atoms with E-state index in [4.69, 9.17) is 0 Å². The first-order valence-corrected chi connectivity index (χ1v) is 9.69. The Bertz CT molecular complexity index is 1110. The number of aromatic nitrogens is 1. The highest BCUT2D eigenvalue weighted by Crippen LogP contribution is 2.26. The van der Waals surface area contributed by atoms with Crippen LogP contribution in [0.2, 0.25) is 0 Å². The number of hydrogen-bond donors (Lipinski definition) is 0. The van der Waals surface area contributed by atoms with Gasteiger partial charge in [-0.05, 0) is 54.6 Å². The van der Waals surface area contributed by atoms with Gasteiger partial charge in [0.05, 0.1) is 23.4 Å². The Morgan fingerprint density at radius 1 is 1.00 bits per heavy atom. The Morgan fingerprint density at radius 3 is 2.41 bits per heavy atom. The Kier molecular flexibility index (Phi) is 4.98. The molecule has 0 spiro atoms. The van der Waals surface area contributed by atoms with E-state index < -0.39 is 5.91 Å². The lowest BCUT2D eigenvalue weighted by Gasteiger charge is -2.23. The molecule has 0 bridgehead atoms. The fourth-order valence-electron chi connectivity index (χ4n) is 3.21. The molecule has 3 amide bonds. The molecule has 1 aromatic heterocycles. The van der Waals surface area contributed by atoms with Gasteiger partial charge in [-0.2, -0.15) is 0 Å². The van der Waals surface area contributed by atoms with Crippen molar-refractivity contribution < 1.29 is 14.4 Å². The van der Waals surface area contributed by atoms with Crippen molar-refractivity contribution >= 4 is 39.3 Å². The molecule has 1 aliphatic rings. The number of imide groups is 1. The fraction of sp³-hybridized carbons (Fsp3) is 0.0909. The molecule has 29 heavy (non-hydrogen) atoms. The van der Waals surface area contributed by atoms with Gasteiger partial charge in [0.15, 0.2) is 0 Å². The summed E-state index contributed by atoms with van der Waals surface area (Å²) >= 11 is 3.41. The number of carbonyl (C=O) groups is 3. The van der Waals surface area contributed by atoms with Crippen LogP contribution in [0.25, 0.3) is 0 Å². The molecule has 0 fully saturated rings. The quantitative estimate of drug-likeness (QED) is 0.566. The van der Waals surface area contributed by atoms with Gasteiger partial charge in [-0.1, -0.05) is 22.0 Å². The number of rotatable bonds is 4. The molecule has 0 N–H and O–H groups in total. The van der Waals surface area contributed by atoms with Crippen LogP contribution in [0.1, 0.15) is 36.8 Å². The van der Waals surface area contributed by atoms with Crippen LogP contribution in [0.3, 0.4) is 0 Å². The van der Waals surface area contributed by atoms with Crippen LogP contribution in [-0.2, 0) is 6.54 Å². The zero-order valence-electron chi connectivity index (χ0n) is 15.5. The topological polar surface area (TPSA) is 70.6 Å². The zero-order valence-corrected chi connectivity index (χ0v) is 17.1. The van der Waals surface area contributed by atoms with Crippen molar-refractivity contribution in [2.24, 2.45) is 0 Å². The molecule has 0 unspecified atom stereocenters. The molecule has 0 radical (unpaired) electrons. The van der Waals surface area contributed by atoms with Gasteiger partial charge >= 0.3 is 0 Å². The summed E-state index contributed by atoms with van der Waals surface area (Å²) < 4.78 is 0.899. The highest BCUT2D eigenvalue weighted by atomic mass is 79.9. The number of hydrogen-bond acceptors (Lipinski definition) is 4. The third-order valence-electron chi connectivity index (χ3n) is 4.77. The van der Waals surface area contributed by atoms with Crippen LogP contribution in [0.15, 0.2) is 71.3 Å². The minimum absolute atomic E-state index is 0.247. The van der Waals surface area contributed by atoms with E-state index in [0.717, 1.165) is 15.1 Å². The number of amides is 3. The van der Waals surface area contributed by atoms with E-state index in [-0.39, 0.29) is 23.9 Å². The maximum atomic E-state index is 13.4. The third kappa shape index (κ3) is 3.56. The summed E-state index contributed by atoms with van der Waals surface area (Å²) in [4.78, 5) is 44.8. The molecule has 0 saturated carbocycles. The molecular formula is C22H16BrN3O3. The maximum Gasteiger partial charge on any atom is 0.261 e. The number of halogens is 1. The number of carbonyl (C=O) groups excluding carboxylic acids is 3. The number of benzene rings is 2. The normalized spacial score (nSPS) is 12.8. The number of fused-ring (bicyclic) bond motifs is 1. The van der Waals surface area contributed by atoms with E-state index >= 15 is 0 Å². The molecule has 3 aromatic rings. The van der Waals surface area contributed by atoms with Crippen LogP contribution < -0.4 is 4.90 Å². The van der Waals surface area contributed by atoms with Crippen molar-refractivity contribution in [1.82, 2.24) is 9.88 Å². The minimum Gasteiger partial charge on any atom is -0.302 e. The van der Waals surface area contributed by atoms with Crippen LogP contribution in [0, 0.1) is 0 Å². The van der Waals surface area contributed by atoms with Gasteiger partial charge in [-0.25, -0.2) is 0 Å². The van der Waals surface area contributed by atoms with Crippen molar-refractivity contribution in [3.8, 4) is 0 Å². The van der Waals surface area contributed by atoms with Crippen molar-refractivity contribution in [2.75, 3.05) is 11.9 Å².